The second-order valence-electron chi connectivity index (χ2n) is 12.0. The summed E-state index contributed by atoms with van der Waals surface area (Å²) in [4.78, 5) is 28.2. The van der Waals surface area contributed by atoms with Crippen LogP contribution in [0, 0.1) is 0 Å². The van der Waals surface area contributed by atoms with Crippen LogP contribution in [0.3, 0.4) is 0 Å². The smallest absolute Gasteiger partial charge is 0.227 e. The predicted molar refractivity (Wildman–Crippen MR) is 194 cm³/mol. The summed E-state index contributed by atoms with van der Waals surface area (Å²) >= 11 is 0. The van der Waals surface area contributed by atoms with Crippen molar-refractivity contribution in [3.63, 3.8) is 0 Å². The Morgan fingerprint density at radius 3 is 1.21 bits per heavy atom. The maximum atomic E-state index is 13.3. The van der Waals surface area contributed by atoms with Crippen LogP contribution in [0.4, 0.5) is 5.69 Å². The molecular weight excluding hydrogens is 589 g/mol. The zero-order chi connectivity index (χ0) is 32.3. The van der Waals surface area contributed by atoms with Gasteiger partial charge in [0.2, 0.25) is 5.91 Å². The summed E-state index contributed by atoms with van der Waals surface area (Å²) in [7, 11) is 0. The Morgan fingerprint density at radius 2 is 0.833 bits per heavy atom. The molecule has 0 atom stereocenters. The van der Waals surface area contributed by atoms with E-state index in [1.807, 2.05) is 41.7 Å². The SMILES string of the molecule is O=C1CCCN1c1cc(-c2ccc(-c3cccnc3)cc2)c(-c2ccc(-c3cccnc3)cc2)cc1-c1ccc(-c2cccnc2)cc1. The van der Waals surface area contributed by atoms with Gasteiger partial charge in [0.15, 0.2) is 0 Å². The van der Waals surface area contributed by atoms with E-state index in [9.17, 15) is 4.79 Å². The number of benzene rings is 4. The van der Waals surface area contributed by atoms with Gasteiger partial charge >= 0.3 is 0 Å². The molecule has 5 nitrogen and oxygen atoms in total. The normalized spacial score (nSPS) is 12.8. The van der Waals surface area contributed by atoms with Gasteiger partial charge in [-0.2, -0.15) is 0 Å². The van der Waals surface area contributed by atoms with E-state index < -0.39 is 0 Å². The first-order valence-corrected chi connectivity index (χ1v) is 16.2. The van der Waals surface area contributed by atoms with Gasteiger partial charge in [0.25, 0.3) is 0 Å². The molecule has 5 heteroatoms. The van der Waals surface area contributed by atoms with Crippen LogP contribution in [-0.2, 0) is 4.79 Å². The largest absolute Gasteiger partial charge is 0.312 e. The number of pyridine rings is 3. The number of carbonyl (C=O) groups excluding carboxylic acids is 1. The summed E-state index contributed by atoms with van der Waals surface area (Å²) in [5.74, 6) is 0.162. The Morgan fingerprint density at radius 1 is 0.438 bits per heavy atom. The number of anilines is 1. The fourth-order valence-electron chi connectivity index (χ4n) is 6.55. The van der Waals surface area contributed by atoms with Gasteiger partial charge in [0.1, 0.15) is 0 Å². The van der Waals surface area contributed by atoms with Crippen molar-refractivity contribution in [2.24, 2.45) is 0 Å². The molecule has 0 radical (unpaired) electrons. The Labute approximate surface area is 280 Å². The minimum atomic E-state index is 0.162. The fourth-order valence-corrected chi connectivity index (χ4v) is 6.55. The second-order valence-corrected chi connectivity index (χ2v) is 12.0. The van der Waals surface area contributed by atoms with Crippen LogP contribution in [0.15, 0.2) is 159 Å². The van der Waals surface area contributed by atoms with Crippen molar-refractivity contribution in [2.45, 2.75) is 12.8 Å². The minimum Gasteiger partial charge on any atom is -0.312 e. The molecule has 48 heavy (non-hydrogen) atoms. The number of rotatable bonds is 7. The van der Waals surface area contributed by atoms with Crippen molar-refractivity contribution in [3.05, 3.63) is 159 Å². The molecule has 0 N–H and O–H groups in total. The van der Waals surface area contributed by atoms with Gasteiger partial charge in [0, 0.05) is 55.7 Å². The molecule has 1 aliphatic heterocycles. The molecule has 4 aromatic carbocycles. The van der Waals surface area contributed by atoms with E-state index in [4.69, 9.17) is 0 Å². The highest BCUT2D eigenvalue weighted by atomic mass is 16.2. The van der Waals surface area contributed by atoms with Crippen LogP contribution in [0.1, 0.15) is 12.8 Å². The van der Waals surface area contributed by atoms with Gasteiger partial charge < -0.3 is 4.90 Å². The number of carbonyl (C=O) groups is 1. The van der Waals surface area contributed by atoms with Crippen LogP contribution in [-0.4, -0.2) is 27.4 Å². The molecule has 230 valence electrons. The molecule has 1 fully saturated rings. The Bertz CT molecular complexity index is 2180. The average Bonchev–Trinajstić information content (AvgIpc) is 3.61. The summed E-state index contributed by atoms with van der Waals surface area (Å²) in [6.07, 6.45) is 12.4. The topological polar surface area (TPSA) is 59.0 Å². The van der Waals surface area contributed by atoms with Crippen LogP contribution in [0.25, 0.3) is 66.8 Å². The van der Waals surface area contributed by atoms with Gasteiger partial charge in [0.05, 0.1) is 5.69 Å². The van der Waals surface area contributed by atoms with Gasteiger partial charge in [-0.1, -0.05) is 91.0 Å². The molecule has 0 aliphatic carbocycles. The van der Waals surface area contributed by atoms with Gasteiger partial charge in [-0.25, -0.2) is 0 Å². The van der Waals surface area contributed by atoms with Gasteiger partial charge in [-0.15, -0.1) is 0 Å². The van der Waals surface area contributed by atoms with Crippen LogP contribution in [0.2, 0.25) is 0 Å². The molecule has 1 saturated heterocycles. The van der Waals surface area contributed by atoms with Crippen LogP contribution < -0.4 is 4.90 Å². The van der Waals surface area contributed by atoms with Crippen LogP contribution >= 0.6 is 0 Å². The van der Waals surface area contributed by atoms with E-state index in [-0.39, 0.29) is 5.91 Å². The molecule has 0 unspecified atom stereocenters. The first-order valence-electron chi connectivity index (χ1n) is 16.2. The number of hydrogen-bond acceptors (Lipinski definition) is 4. The van der Waals surface area contributed by atoms with Crippen molar-refractivity contribution >= 4 is 11.6 Å². The molecule has 0 saturated carbocycles. The van der Waals surface area contributed by atoms with E-state index in [1.54, 1.807) is 18.6 Å². The Kier molecular flexibility index (Phi) is 7.85. The van der Waals surface area contributed by atoms with Gasteiger partial charge in [-0.05, 0) is 98.0 Å². The average molecular weight is 621 g/mol. The highest BCUT2D eigenvalue weighted by Gasteiger charge is 2.26. The fraction of sp³-hybridized carbons (Fsp3) is 0.0698. The molecule has 7 aromatic rings. The highest BCUT2D eigenvalue weighted by molar-refractivity contribution is 6.03. The van der Waals surface area contributed by atoms with Crippen LogP contribution in [0.5, 0.6) is 0 Å². The third-order valence-electron chi connectivity index (χ3n) is 9.07. The quantitative estimate of drug-likeness (QED) is 0.178. The van der Waals surface area contributed by atoms with Crippen molar-refractivity contribution in [1.82, 2.24) is 15.0 Å². The third-order valence-corrected chi connectivity index (χ3v) is 9.07. The minimum absolute atomic E-state index is 0.162. The predicted octanol–water partition coefficient (Wildman–Crippen LogP) is 10.0. The summed E-state index contributed by atoms with van der Waals surface area (Å²) < 4.78 is 0. The van der Waals surface area contributed by atoms with Crippen molar-refractivity contribution < 1.29 is 4.79 Å². The number of hydrogen-bond donors (Lipinski definition) is 0. The zero-order valence-electron chi connectivity index (χ0n) is 26.3. The number of amides is 1. The maximum absolute atomic E-state index is 13.3. The summed E-state index contributed by atoms with van der Waals surface area (Å²) in [5.41, 5.74) is 13.9. The Hall–Kier alpha value is -6.20. The maximum Gasteiger partial charge on any atom is 0.227 e. The molecule has 1 amide bonds. The first-order chi connectivity index (χ1) is 23.7. The van der Waals surface area contributed by atoms with E-state index in [0.29, 0.717) is 13.0 Å². The highest BCUT2D eigenvalue weighted by Crippen LogP contribution is 2.44. The summed E-state index contributed by atoms with van der Waals surface area (Å²) in [6.45, 7) is 0.706. The number of aromatic nitrogens is 3. The van der Waals surface area contributed by atoms with E-state index in [1.165, 1.54) is 0 Å². The lowest BCUT2D eigenvalue weighted by Crippen LogP contribution is -2.24. The molecular formula is C43H32N4O. The molecule has 1 aliphatic rings. The summed E-state index contributed by atoms with van der Waals surface area (Å²) in [5, 5.41) is 0. The molecule has 0 spiro atoms. The monoisotopic (exact) mass is 620 g/mol. The van der Waals surface area contributed by atoms with Crippen molar-refractivity contribution in [1.29, 1.82) is 0 Å². The molecule has 3 aromatic heterocycles. The van der Waals surface area contributed by atoms with E-state index >= 15 is 0 Å². The molecule has 0 bridgehead atoms. The van der Waals surface area contributed by atoms with E-state index in [0.717, 1.165) is 78.9 Å². The van der Waals surface area contributed by atoms with E-state index in [2.05, 4.69) is 118 Å². The molecule has 4 heterocycles. The lowest BCUT2D eigenvalue weighted by Gasteiger charge is -2.24. The van der Waals surface area contributed by atoms with Crippen molar-refractivity contribution in [2.75, 3.05) is 11.4 Å². The second kappa shape index (κ2) is 12.9. The lowest BCUT2D eigenvalue weighted by atomic mass is 9.88. The summed E-state index contributed by atoms with van der Waals surface area (Å²) in [6, 6.07) is 42.4. The third kappa shape index (κ3) is 5.78. The lowest BCUT2D eigenvalue weighted by molar-refractivity contribution is -0.117. The van der Waals surface area contributed by atoms with Crippen molar-refractivity contribution in [3.8, 4) is 66.8 Å². The first kappa shape index (κ1) is 29.2. The van der Waals surface area contributed by atoms with Gasteiger partial charge in [-0.3, -0.25) is 19.7 Å². The standard InChI is InChI=1S/C43H32N4O/c48-43-8-4-24-47(43)42-26-40(34-17-11-31(12-18-34)37-6-2-22-45-28-37)39(33-15-9-30(10-16-33)36-5-1-21-44-27-36)25-41(42)35-19-13-32(14-20-35)38-7-3-23-46-29-38/h1-3,5-7,9-23,25-29H,4,8,24H2. The zero-order valence-corrected chi connectivity index (χ0v) is 26.3. The number of nitrogens with zero attached hydrogens (tertiary/aromatic N) is 4. The molecule has 8 rings (SSSR count). The Balaban J connectivity index is 1.29.